The number of carbonyl (C=O) groups is 1. The molecule has 4 atom stereocenters. The van der Waals surface area contributed by atoms with Crippen molar-refractivity contribution in [1.29, 1.82) is 0 Å². The van der Waals surface area contributed by atoms with E-state index in [4.69, 9.17) is 5.73 Å². The highest BCUT2D eigenvalue weighted by Crippen LogP contribution is 2.38. The molecule has 1 saturated heterocycles. The molecule has 2 aliphatic rings. The maximum atomic E-state index is 11.6. The normalized spacial score (nSPS) is 38.9. The summed E-state index contributed by atoms with van der Waals surface area (Å²) >= 11 is 0. The number of piperidine rings is 1. The molecule has 0 bridgehead atoms. The fourth-order valence-corrected chi connectivity index (χ4v) is 3.90. The summed E-state index contributed by atoms with van der Waals surface area (Å²) in [6, 6.07) is 0.353. The van der Waals surface area contributed by atoms with Crippen molar-refractivity contribution in [2.75, 3.05) is 6.54 Å². The Labute approximate surface area is 105 Å². The maximum absolute atomic E-state index is 11.6. The van der Waals surface area contributed by atoms with Crippen molar-refractivity contribution in [3.63, 3.8) is 0 Å². The number of hydrogen-bond donors (Lipinski definition) is 2. The SMILES string of the molecule is CCC1CCCCC1C1NCCCC1C(N)=O. The number of carbonyl (C=O) groups excluding carboxylic acids is 1. The van der Waals surface area contributed by atoms with Gasteiger partial charge in [0.1, 0.15) is 0 Å². The van der Waals surface area contributed by atoms with Crippen LogP contribution in [0, 0.1) is 17.8 Å². The van der Waals surface area contributed by atoms with Crippen LogP contribution in [0.1, 0.15) is 51.9 Å². The topological polar surface area (TPSA) is 55.1 Å². The first-order chi connectivity index (χ1) is 8.24. The Hall–Kier alpha value is -0.570. The molecule has 1 saturated carbocycles. The van der Waals surface area contributed by atoms with Crippen LogP contribution in [0.15, 0.2) is 0 Å². The van der Waals surface area contributed by atoms with E-state index in [1.54, 1.807) is 0 Å². The third-order valence-electron chi connectivity index (χ3n) is 4.82. The average Bonchev–Trinajstić information content (AvgIpc) is 2.38. The molecule has 0 radical (unpaired) electrons. The molecule has 3 heteroatoms. The van der Waals surface area contributed by atoms with Gasteiger partial charge in [-0.3, -0.25) is 4.79 Å². The Morgan fingerprint density at radius 2 is 2.00 bits per heavy atom. The van der Waals surface area contributed by atoms with Crippen LogP contribution in [0.5, 0.6) is 0 Å². The molecule has 2 rings (SSSR count). The van der Waals surface area contributed by atoms with Crippen LogP contribution < -0.4 is 11.1 Å². The predicted octanol–water partition coefficient (Wildman–Crippen LogP) is 2.06. The average molecular weight is 238 g/mol. The van der Waals surface area contributed by atoms with E-state index in [2.05, 4.69) is 12.2 Å². The van der Waals surface area contributed by atoms with Crippen LogP contribution in [-0.4, -0.2) is 18.5 Å². The van der Waals surface area contributed by atoms with E-state index in [-0.39, 0.29) is 11.8 Å². The number of nitrogens with one attached hydrogen (secondary N) is 1. The monoisotopic (exact) mass is 238 g/mol. The highest BCUT2D eigenvalue weighted by Gasteiger charge is 2.38. The molecule has 1 amide bonds. The quantitative estimate of drug-likeness (QED) is 0.790. The van der Waals surface area contributed by atoms with Crippen molar-refractivity contribution >= 4 is 5.91 Å². The molecule has 1 heterocycles. The lowest BCUT2D eigenvalue weighted by Gasteiger charge is -2.42. The lowest BCUT2D eigenvalue weighted by atomic mass is 9.69. The minimum absolute atomic E-state index is 0.0703. The van der Waals surface area contributed by atoms with E-state index in [0.717, 1.165) is 25.3 Å². The summed E-state index contributed by atoms with van der Waals surface area (Å²) in [5.41, 5.74) is 5.57. The van der Waals surface area contributed by atoms with Crippen molar-refractivity contribution in [2.24, 2.45) is 23.5 Å². The lowest BCUT2D eigenvalue weighted by Crippen LogP contribution is -2.53. The molecule has 1 aliphatic carbocycles. The molecule has 1 aliphatic heterocycles. The van der Waals surface area contributed by atoms with Crippen molar-refractivity contribution in [2.45, 2.75) is 57.9 Å². The first-order valence-corrected chi connectivity index (χ1v) is 7.26. The van der Waals surface area contributed by atoms with E-state index in [1.807, 2.05) is 0 Å². The van der Waals surface area contributed by atoms with Gasteiger partial charge in [0.15, 0.2) is 0 Å². The second kappa shape index (κ2) is 5.85. The standard InChI is InChI=1S/C14H26N2O/c1-2-10-6-3-4-7-11(10)13-12(14(15)17)8-5-9-16-13/h10-13,16H,2-9H2,1H3,(H2,15,17). The van der Waals surface area contributed by atoms with Crippen LogP contribution in [0.2, 0.25) is 0 Å². The first kappa shape index (κ1) is 12.9. The van der Waals surface area contributed by atoms with Gasteiger partial charge < -0.3 is 11.1 Å². The summed E-state index contributed by atoms with van der Waals surface area (Å²) in [7, 11) is 0. The van der Waals surface area contributed by atoms with Crippen molar-refractivity contribution in [3.8, 4) is 0 Å². The third-order valence-corrected chi connectivity index (χ3v) is 4.82. The third kappa shape index (κ3) is 2.82. The summed E-state index contributed by atoms with van der Waals surface area (Å²) in [4.78, 5) is 11.6. The number of amides is 1. The zero-order valence-electron chi connectivity index (χ0n) is 11.0. The van der Waals surface area contributed by atoms with E-state index < -0.39 is 0 Å². The highest BCUT2D eigenvalue weighted by atomic mass is 16.1. The fraction of sp³-hybridized carbons (Fsp3) is 0.929. The zero-order valence-corrected chi connectivity index (χ0v) is 11.0. The molecule has 3 nitrogen and oxygen atoms in total. The molecule has 0 aromatic carbocycles. The van der Waals surface area contributed by atoms with Crippen LogP contribution >= 0.6 is 0 Å². The van der Waals surface area contributed by atoms with Gasteiger partial charge in [0, 0.05) is 6.04 Å². The van der Waals surface area contributed by atoms with E-state index in [0.29, 0.717) is 12.0 Å². The van der Waals surface area contributed by atoms with Gasteiger partial charge in [-0.25, -0.2) is 0 Å². The molecule has 0 aromatic heterocycles. The molecule has 4 unspecified atom stereocenters. The van der Waals surface area contributed by atoms with Gasteiger partial charge in [0.05, 0.1) is 5.92 Å². The van der Waals surface area contributed by atoms with Crippen molar-refractivity contribution in [3.05, 3.63) is 0 Å². The van der Waals surface area contributed by atoms with Gasteiger partial charge in [0.25, 0.3) is 0 Å². The van der Waals surface area contributed by atoms with Gasteiger partial charge in [-0.15, -0.1) is 0 Å². The number of hydrogen-bond acceptors (Lipinski definition) is 2. The van der Waals surface area contributed by atoms with E-state index >= 15 is 0 Å². The fourth-order valence-electron chi connectivity index (χ4n) is 3.90. The maximum Gasteiger partial charge on any atom is 0.222 e. The summed E-state index contributed by atoms with van der Waals surface area (Å²) in [5, 5.41) is 3.58. The Morgan fingerprint density at radius 3 is 2.71 bits per heavy atom. The second-order valence-electron chi connectivity index (χ2n) is 5.75. The summed E-state index contributed by atoms with van der Waals surface area (Å²) < 4.78 is 0. The van der Waals surface area contributed by atoms with Crippen LogP contribution in [0.3, 0.4) is 0 Å². The van der Waals surface area contributed by atoms with Crippen molar-refractivity contribution < 1.29 is 4.79 Å². The lowest BCUT2D eigenvalue weighted by molar-refractivity contribution is -0.124. The number of primary amides is 1. The van der Waals surface area contributed by atoms with Gasteiger partial charge >= 0.3 is 0 Å². The van der Waals surface area contributed by atoms with E-state index in [1.165, 1.54) is 32.1 Å². The Kier molecular flexibility index (Phi) is 4.43. The molecule has 0 spiro atoms. The van der Waals surface area contributed by atoms with Crippen LogP contribution in [0.25, 0.3) is 0 Å². The van der Waals surface area contributed by atoms with Gasteiger partial charge in [-0.1, -0.05) is 32.6 Å². The molecule has 0 aromatic rings. The smallest absolute Gasteiger partial charge is 0.222 e. The minimum atomic E-state index is -0.0948. The highest BCUT2D eigenvalue weighted by molar-refractivity contribution is 5.77. The zero-order chi connectivity index (χ0) is 12.3. The molecular formula is C14H26N2O. The van der Waals surface area contributed by atoms with Crippen LogP contribution in [-0.2, 0) is 4.79 Å². The summed E-state index contributed by atoms with van der Waals surface area (Å²) in [5.74, 6) is 1.44. The van der Waals surface area contributed by atoms with E-state index in [9.17, 15) is 4.79 Å². The Bertz CT molecular complexity index is 267. The summed E-state index contributed by atoms with van der Waals surface area (Å²) in [6.45, 7) is 3.34. The Morgan fingerprint density at radius 1 is 1.24 bits per heavy atom. The number of nitrogens with two attached hydrogens (primary N) is 1. The number of rotatable bonds is 3. The largest absolute Gasteiger partial charge is 0.369 e. The molecule has 98 valence electrons. The Balaban J connectivity index is 2.08. The van der Waals surface area contributed by atoms with Gasteiger partial charge in [0.2, 0.25) is 5.91 Å². The second-order valence-corrected chi connectivity index (χ2v) is 5.75. The molecule has 17 heavy (non-hydrogen) atoms. The first-order valence-electron chi connectivity index (χ1n) is 7.26. The molecule has 3 N–H and O–H groups in total. The predicted molar refractivity (Wildman–Crippen MR) is 69.4 cm³/mol. The summed E-state index contributed by atoms with van der Waals surface area (Å²) in [6.07, 6.45) is 8.63. The minimum Gasteiger partial charge on any atom is -0.369 e. The van der Waals surface area contributed by atoms with Crippen LogP contribution in [0.4, 0.5) is 0 Å². The molecule has 2 fully saturated rings. The van der Waals surface area contributed by atoms with Crippen molar-refractivity contribution in [1.82, 2.24) is 5.32 Å². The van der Waals surface area contributed by atoms with Gasteiger partial charge in [-0.05, 0) is 37.6 Å². The van der Waals surface area contributed by atoms with Gasteiger partial charge in [-0.2, -0.15) is 0 Å². The molecular weight excluding hydrogens is 212 g/mol.